The summed E-state index contributed by atoms with van der Waals surface area (Å²) >= 11 is 0. The van der Waals surface area contributed by atoms with Crippen molar-refractivity contribution in [2.45, 2.75) is 471 Å². The van der Waals surface area contributed by atoms with Crippen molar-refractivity contribution in [3.63, 3.8) is 0 Å². The van der Waals surface area contributed by atoms with E-state index in [1.54, 1.807) is 0 Å². The summed E-state index contributed by atoms with van der Waals surface area (Å²) in [6, 6.07) is 0. The maximum Gasteiger partial charge on any atom is 0.472 e. The number of carbonyl (C=O) groups is 4. The topological polar surface area (TPSA) is 237 Å². The van der Waals surface area contributed by atoms with Crippen LogP contribution in [0, 0.1) is 17.8 Å². The van der Waals surface area contributed by atoms with Crippen LogP contribution in [0.2, 0.25) is 0 Å². The van der Waals surface area contributed by atoms with Gasteiger partial charge in [-0.15, -0.1) is 0 Å². The lowest BCUT2D eigenvalue weighted by Crippen LogP contribution is -2.30. The summed E-state index contributed by atoms with van der Waals surface area (Å²) < 4.78 is 68.9. The van der Waals surface area contributed by atoms with Gasteiger partial charge in [-0.1, -0.05) is 402 Å². The molecule has 3 unspecified atom stereocenters. The third kappa shape index (κ3) is 78.5. The molecule has 6 atom stereocenters. The third-order valence-electron chi connectivity index (χ3n) is 20.5. The highest BCUT2D eigenvalue weighted by molar-refractivity contribution is 7.47. The largest absolute Gasteiger partial charge is 0.472 e. The minimum atomic E-state index is -4.97. The molecule has 105 heavy (non-hydrogen) atoms. The molecule has 0 spiro atoms. The maximum absolute atomic E-state index is 13.1. The summed E-state index contributed by atoms with van der Waals surface area (Å²) in [5, 5.41) is 10.7. The lowest BCUT2D eigenvalue weighted by molar-refractivity contribution is -0.161. The predicted octanol–water partition coefficient (Wildman–Crippen LogP) is 26.1. The van der Waals surface area contributed by atoms with Crippen LogP contribution in [0.5, 0.6) is 0 Å². The number of hydrogen-bond acceptors (Lipinski definition) is 15. The Bertz CT molecular complexity index is 2030. The van der Waals surface area contributed by atoms with Gasteiger partial charge in [0, 0.05) is 25.7 Å². The first kappa shape index (κ1) is 103. The molecule has 0 radical (unpaired) electrons. The number of carbonyl (C=O) groups excluding carboxylic acids is 4. The van der Waals surface area contributed by atoms with Gasteiger partial charge in [-0.05, 0) is 43.4 Å². The molecule has 3 N–H and O–H groups in total. The summed E-state index contributed by atoms with van der Waals surface area (Å²) in [6.07, 6.45) is 66.4. The van der Waals surface area contributed by atoms with E-state index in [1.807, 2.05) is 0 Å². The Kier molecular flexibility index (Phi) is 74.7. The van der Waals surface area contributed by atoms with E-state index in [-0.39, 0.29) is 25.7 Å². The average Bonchev–Trinajstić information content (AvgIpc) is 0.917. The van der Waals surface area contributed by atoms with Gasteiger partial charge < -0.3 is 33.8 Å². The number of rotatable bonds is 84. The first-order valence-corrected chi connectivity index (χ1v) is 47.4. The van der Waals surface area contributed by atoms with Crippen molar-refractivity contribution in [2.75, 3.05) is 39.6 Å². The van der Waals surface area contributed by atoms with Crippen LogP contribution < -0.4 is 0 Å². The monoisotopic (exact) mass is 1540 g/mol. The number of phosphoric acid groups is 2. The highest BCUT2D eigenvalue weighted by Gasteiger charge is 2.30. The molecule has 0 bridgehead atoms. The van der Waals surface area contributed by atoms with Crippen LogP contribution in [0.25, 0.3) is 0 Å². The Morgan fingerprint density at radius 3 is 0.724 bits per heavy atom. The molecule has 0 aromatic carbocycles. The second-order valence-corrected chi connectivity index (χ2v) is 35.0. The van der Waals surface area contributed by atoms with Crippen molar-refractivity contribution >= 4 is 39.5 Å². The van der Waals surface area contributed by atoms with Gasteiger partial charge >= 0.3 is 39.5 Å². The van der Waals surface area contributed by atoms with Crippen LogP contribution in [0.4, 0.5) is 0 Å². The van der Waals surface area contributed by atoms with Gasteiger partial charge in [-0.25, -0.2) is 9.13 Å². The fraction of sp³-hybridized carbons (Fsp3) is 0.953. The molecule has 0 saturated carbocycles. The Morgan fingerprint density at radius 2 is 0.486 bits per heavy atom. The molecule has 0 aromatic heterocycles. The van der Waals surface area contributed by atoms with E-state index in [9.17, 15) is 43.2 Å². The quantitative estimate of drug-likeness (QED) is 0.0222. The lowest BCUT2D eigenvalue weighted by atomic mass is 9.99. The minimum absolute atomic E-state index is 0.108. The molecule has 0 fully saturated rings. The van der Waals surface area contributed by atoms with E-state index in [1.165, 1.54) is 263 Å². The molecular weight excluding hydrogens is 1370 g/mol. The number of ether oxygens (including phenoxy) is 4. The maximum atomic E-state index is 13.1. The number of hydrogen-bond donors (Lipinski definition) is 3. The van der Waals surface area contributed by atoms with E-state index >= 15 is 0 Å². The molecule has 624 valence electrons. The standard InChI is InChI=1S/C86H168O17P2/c1-8-10-11-12-13-14-15-22-32-39-46-53-60-67-83(88)96-73-81(103-86(91)70-63-56-49-42-35-28-21-24-30-37-44-51-58-65-78(5)6)75-100-104(92,93)98-71-80(87)72-99-105(94,95)101-76-82(102-85(90)69-62-55-48-41-34-27-18-16-17-23-29-36-43-50-57-64-77(3)4)74-97-84(89)68-61-54-47-40-33-26-20-19-25-31-38-45-52-59-66-79(7)9-2/h77-82,87H,8-76H2,1-7H3,(H,92,93)(H,94,95)/t79?,80-,81+,82+/m0/s1. The fourth-order valence-electron chi connectivity index (χ4n) is 13.3. The fourth-order valence-corrected chi connectivity index (χ4v) is 14.9. The number of aliphatic hydroxyl groups is 1. The van der Waals surface area contributed by atoms with E-state index in [0.717, 1.165) is 108 Å². The summed E-state index contributed by atoms with van der Waals surface area (Å²) in [5.41, 5.74) is 0. The van der Waals surface area contributed by atoms with Gasteiger partial charge in [0.05, 0.1) is 26.4 Å². The highest BCUT2D eigenvalue weighted by Crippen LogP contribution is 2.45. The zero-order valence-electron chi connectivity index (χ0n) is 69.2. The van der Waals surface area contributed by atoms with Gasteiger partial charge in [-0.3, -0.25) is 37.3 Å². The van der Waals surface area contributed by atoms with Gasteiger partial charge in [0.25, 0.3) is 0 Å². The van der Waals surface area contributed by atoms with Crippen molar-refractivity contribution in [3.8, 4) is 0 Å². The highest BCUT2D eigenvalue weighted by atomic mass is 31.2. The molecule has 0 saturated heterocycles. The van der Waals surface area contributed by atoms with Crippen LogP contribution >= 0.6 is 15.6 Å². The summed E-state index contributed by atoms with van der Waals surface area (Å²) in [5.74, 6) is 0.338. The third-order valence-corrected chi connectivity index (χ3v) is 22.4. The molecule has 0 rings (SSSR count). The smallest absolute Gasteiger partial charge is 0.462 e. The Labute approximate surface area is 645 Å². The molecule has 0 aliphatic carbocycles. The zero-order valence-corrected chi connectivity index (χ0v) is 71.0. The van der Waals surface area contributed by atoms with Gasteiger partial charge in [0.2, 0.25) is 0 Å². The molecule has 0 aliphatic rings. The Balaban J connectivity index is 5.27. The van der Waals surface area contributed by atoms with E-state index in [2.05, 4.69) is 48.5 Å². The van der Waals surface area contributed by atoms with Crippen LogP contribution in [0.1, 0.15) is 453 Å². The summed E-state index contributed by atoms with van der Waals surface area (Å²) in [6.45, 7) is 12.1. The van der Waals surface area contributed by atoms with Crippen molar-refractivity contribution in [3.05, 3.63) is 0 Å². The Morgan fingerprint density at radius 1 is 0.276 bits per heavy atom. The van der Waals surface area contributed by atoms with Crippen molar-refractivity contribution < 1.29 is 80.2 Å². The Hall–Kier alpha value is -1.94. The van der Waals surface area contributed by atoms with Crippen molar-refractivity contribution in [2.24, 2.45) is 17.8 Å². The summed E-state index contributed by atoms with van der Waals surface area (Å²) in [4.78, 5) is 73.3. The van der Waals surface area contributed by atoms with Crippen LogP contribution in [-0.2, 0) is 65.4 Å². The first-order chi connectivity index (χ1) is 50.8. The van der Waals surface area contributed by atoms with Gasteiger partial charge in [0.1, 0.15) is 19.3 Å². The van der Waals surface area contributed by atoms with Crippen molar-refractivity contribution in [1.29, 1.82) is 0 Å². The first-order valence-electron chi connectivity index (χ1n) is 44.4. The SMILES string of the molecule is CCCCCCCCCCCCCCCC(=O)OC[C@H](COP(=O)(O)OC[C@H](O)COP(=O)(O)OC[C@@H](COC(=O)CCCCCCCCCCCCCCCCC(C)CC)OC(=O)CCCCCCCCCCCCCCCCCC(C)C)OC(=O)CCCCCCCCCCCCCCCC(C)C. The van der Waals surface area contributed by atoms with Crippen LogP contribution in [0.3, 0.4) is 0 Å². The normalized spacial score (nSPS) is 14.1. The average molecular weight is 1540 g/mol. The van der Waals surface area contributed by atoms with Crippen molar-refractivity contribution in [1.82, 2.24) is 0 Å². The van der Waals surface area contributed by atoms with E-state index in [4.69, 9.17) is 37.0 Å². The van der Waals surface area contributed by atoms with Crippen LogP contribution in [0.15, 0.2) is 0 Å². The number of aliphatic hydroxyl groups excluding tert-OH is 1. The second-order valence-electron chi connectivity index (χ2n) is 32.1. The van der Waals surface area contributed by atoms with E-state index in [0.29, 0.717) is 25.7 Å². The lowest BCUT2D eigenvalue weighted by Gasteiger charge is -2.21. The zero-order chi connectivity index (χ0) is 77.2. The van der Waals surface area contributed by atoms with Crippen LogP contribution in [-0.4, -0.2) is 96.7 Å². The molecule has 0 aliphatic heterocycles. The van der Waals surface area contributed by atoms with Gasteiger partial charge in [-0.2, -0.15) is 0 Å². The molecule has 19 heteroatoms. The summed E-state index contributed by atoms with van der Waals surface area (Å²) in [7, 11) is -9.93. The molecule has 17 nitrogen and oxygen atoms in total. The second kappa shape index (κ2) is 76.1. The number of phosphoric ester groups is 2. The molecular formula is C86H168O17P2. The molecule has 0 aromatic rings. The molecule has 0 heterocycles. The minimum Gasteiger partial charge on any atom is -0.462 e. The van der Waals surface area contributed by atoms with Gasteiger partial charge in [0.15, 0.2) is 12.2 Å². The predicted molar refractivity (Wildman–Crippen MR) is 432 cm³/mol. The number of unbranched alkanes of at least 4 members (excludes halogenated alkanes) is 51. The van der Waals surface area contributed by atoms with E-state index < -0.39 is 97.5 Å². The number of esters is 4. The molecule has 0 amide bonds.